The minimum Gasteiger partial charge on any atom is -0.494 e. The fraction of sp³-hybridized carbons (Fsp3) is 0.818. The number of unbranched alkanes of at least 4 members (excludes halogenated alkanes) is 6. The molecule has 0 aromatic heterocycles. The number of hydrogen-bond acceptors (Lipinski definition) is 1. The molecule has 0 spiro atoms. The summed E-state index contributed by atoms with van der Waals surface area (Å²) in [7, 11) is 0. The van der Waals surface area contributed by atoms with Gasteiger partial charge in [-0.3, -0.25) is 0 Å². The molecule has 1 aromatic carbocycles. The van der Waals surface area contributed by atoms with Crippen molar-refractivity contribution < 1.29 is 4.74 Å². The van der Waals surface area contributed by atoms with E-state index in [2.05, 4.69) is 38.1 Å². The van der Waals surface area contributed by atoms with Crippen LogP contribution in [0.1, 0.15) is 141 Å². The second-order valence-electron chi connectivity index (χ2n) is 11.9. The number of aryl methyl sites for hydroxylation is 1. The fourth-order valence-electron chi connectivity index (χ4n) is 6.83. The molecule has 0 saturated heterocycles. The highest BCUT2D eigenvalue weighted by molar-refractivity contribution is 5.27. The van der Waals surface area contributed by atoms with Crippen molar-refractivity contribution in [3.63, 3.8) is 0 Å². The van der Waals surface area contributed by atoms with Gasteiger partial charge in [-0.2, -0.15) is 0 Å². The van der Waals surface area contributed by atoms with Crippen LogP contribution in [0.5, 0.6) is 5.75 Å². The summed E-state index contributed by atoms with van der Waals surface area (Å²) in [5.41, 5.74) is 1.46. The average Bonchev–Trinajstić information content (AvgIpc) is 2.88. The molecule has 3 rings (SSSR count). The van der Waals surface area contributed by atoms with E-state index in [4.69, 9.17) is 4.74 Å². The molecule has 0 amide bonds. The smallest absolute Gasteiger partial charge is 0.119 e. The molecular formula is C33H56O. The highest BCUT2D eigenvalue weighted by Gasteiger charge is 2.30. The van der Waals surface area contributed by atoms with Crippen LogP contribution < -0.4 is 4.74 Å². The zero-order valence-electron chi connectivity index (χ0n) is 22.9. The second-order valence-corrected chi connectivity index (χ2v) is 11.9. The van der Waals surface area contributed by atoms with E-state index < -0.39 is 0 Å². The third-order valence-electron chi connectivity index (χ3n) is 9.18. The summed E-state index contributed by atoms with van der Waals surface area (Å²) < 4.78 is 6.07. The summed E-state index contributed by atoms with van der Waals surface area (Å²) in [4.78, 5) is 0. The number of rotatable bonds is 16. The van der Waals surface area contributed by atoms with Crippen LogP contribution in [0.3, 0.4) is 0 Å². The van der Waals surface area contributed by atoms with Crippen molar-refractivity contribution in [1.29, 1.82) is 0 Å². The minimum atomic E-state index is 0.887. The van der Waals surface area contributed by atoms with Crippen LogP contribution >= 0.6 is 0 Å². The SMILES string of the molecule is CCCCCCCc1ccc(OCCCC2CCC(C3CCC(CCCCC)CC3)CC2)cc1. The Bertz CT molecular complexity index is 604. The van der Waals surface area contributed by atoms with Crippen LogP contribution in [0.4, 0.5) is 0 Å². The maximum absolute atomic E-state index is 6.07. The van der Waals surface area contributed by atoms with Crippen LogP contribution in [-0.2, 0) is 6.42 Å². The van der Waals surface area contributed by atoms with Crippen LogP contribution in [0.2, 0.25) is 0 Å². The predicted molar refractivity (Wildman–Crippen MR) is 149 cm³/mol. The Morgan fingerprint density at radius 2 is 1.12 bits per heavy atom. The summed E-state index contributed by atoms with van der Waals surface area (Å²) >= 11 is 0. The van der Waals surface area contributed by atoms with E-state index in [1.165, 1.54) is 134 Å². The average molecular weight is 469 g/mol. The summed E-state index contributed by atoms with van der Waals surface area (Å²) in [6, 6.07) is 8.92. The molecule has 2 fully saturated rings. The van der Waals surface area contributed by atoms with Crippen molar-refractivity contribution in [2.45, 2.75) is 142 Å². The third kappa shape index (κ3) is 10.3. The lowest BCUT2D eigenvalue weighted by Gasteiger charge is -2.38. The Morgan fingerprint density at radius 3 is 1.71 bits per heavy atom. The van der Waals surface area contributed by atoms with Gasteiger partial charge >= 0.3 is 0 Å². The van der Waals surface area contributed by atoms with E-state index in [-0.39, 0.29) is 0 Å². The van der Waals surface area contributed by atoms with E-state index in [9.17, 15) is 0 Å². The van der Waals surface area contributed by atoms with E-state index in [1.807, 2.05) is 0 Å². The Balaban J connectivity index is 1.21. The molecule has 2 aliphatic carbocycles. The van der Waals surface area contributed by atoms with Gasteiger partial charge in [-0.05, 0) is 92.7 Å². The van der Waals surface area contributed by atoms with Gasteiger partial charge in [0.2, 0.25) is 0 Å². The second kappa shape index (κ2) is 16.6. The van der Waals surface area contributed by atoms with E-state index in [1.54, 1.807) is 0 Å². The quantitative estimate of drug-likeness (QED) is 0.219. The van der Waals surface area contributed by atoms with Crippen molar-refractivity contribution >= 4 is 0 Å². The van der Waals surface area contributed by atoms with E-state index in [0.717, 1.165) is 36.0 Å². The molecule has 34 heavy (non-hydrogen) atoms. The molecule has 2 aliphatic rings. The zero-order valence-corrected chi connectivity index (χ0v) is 22.9. The topological polar surface area (TPSA) is 9.23 Å². The zero-order chi connectivity index (χ0) is 23.8. The molecule has 1 nitrogen and oxygen atoms in total. The summed E-state index contributed by atoms with van der Waals surface area (Å²) in [5, 5.41) is 0. The lowest BCUT2D eigenvalue weighted by atomic mass is 9.68. The standard InChI is InChI=1S/C33H56O/c1-3-5-7-8-10-13-29-19-25-33(26-20-29)34-27-11-14-30-17-23-32(24-18-30)31-21-15-28(16-22-31)12-9-6-4-2/h19-20,25-26,28,30-32H,3-18,21-24,27H2,1-2H3. The van der Waals surface area contributed by atoms with Crippen LogP contribution in [0.15, 0.2) is 24.3 Å². The number of ether oxygens (including phenoxy) is 1. The third-order valence-corrected chi connectivity index (χ3v) is 9.18. The molecule has 0 radical (unpaired) electrons. The first-order valence-corrected chi connectivity index (χ1v) is 15.5. The van der Waals surface area contributed by atoms with Crippen molar-refractivity contribution in [2.24, 2.45) is 23.7 Å². The molecule has 1 aromatic rings. The Morgan fingerprint density at radius 1 is 0.588 bits per heavy atom. The van der Waals surface area contributed by atoms with Gasteiger partial charge < -0.3 is 4.74 Å². The van der Waals surface area contributed by atoms with Gasteiger partial charge in [0.25, 0.3) is 0 Å². The Kier molecular flexibility index (Phi) is 13.5. The first-order valence-electron chi connectivity index (χ1n) is 15.5. The molecule has 0 heterocycles. The molecule has 194 valence electrons. The van der Waals surface area contributed by atoms with Crippen LogP contribution in [0.25, 0.3) is 0 Å². The fourth-order valence-corrected chi connectivity index (χ4v) is 6.83. The highest BCUT2D eigenvalue weighted by atomic mass is 16.5. The monoisotopic (exact) mass is 468 g/mol. The molecule has 2 saturated carbocycles. The molecular weight excluding hydrogens is 412 g/mol. The van der Waals surface area contributed by atoms with Gasteiger partial charge in [0, 0.05) is 0 Å². The maximum atomic E-state index is 6.07. The normalized spacial score (nSPS) is 25.4. The molecule has 0 unspecified atom stereocenters. The summed E-state index contributed by atoms with van der Waals surface area (Å²) in [6.45, 7) is 5.50. The van der Waals surface area contributed by atoms with Crippen molar-refractivity contribution in [3.05, 3.63) is 29.8 Å². The number of hydrogen-bond donors (Lipinski definition) is 0. The number of benzene rings is 1. The predicted octanol–water partition coefficient (Wildman–Crippen LogP) is 10.6. The van der Waals surface area contributed by atoms with Gasteiger partial charge in [0.05, 0.1) is 6.61 Å². The summed E-state index contributed by atoms with van der Waals surface area (Å²) in [6.07, 6.45) is 28.5. The molecule has 0 bridgehead atoms. The van der Waals surface area contributed by atoms with Gasteiger partial charge in [-0.15, -0.1) is 0 Å². The minimum absolute atomic E-state index is 0.887. The maximum Gasteiger partial charge on any atom is 0.119 e. The van der Waals surface area contributed by atoms with Crippen LogP contribution in [0, 0.1) is 23.7 Å². The van der Waals surface area contributed by atoms with Crippen LogP contribution in [-0.4, -0.2) is 6.61 Å². The first-order chi connectivity index (χ1) is 16.8. The lowest BCUT2D eigenvalue weighted by Crippen LogP contribution is -2.26. The van der Waals surface area contributed by atoms with Crippen molar-refractivity contribution in [1.82, 2.24) is 0 Å². The van der Waals surface area contributed by atoms with E-state index in [0.29, 0.717) is 0 Å². The molecule has 0 aliphatic heterocycles. The largest absolute Gasteiger partial charge is 0.494 e. The molecule has 0 atom stereocenters. The Hall–Kier alpha value is -0.980. The Labute approximate surface area is 212 Å². The van der Waals surface area contributed by atoms with Gasteiger partial charge in [-0.1, -0.05) is 103 Å². The van der Waals surface area contributed by atoms with Crippen molar-refractivity contribution in [3.8, 4) is 5.75 Å². The summed E-state index contributed by atoms with van der Waals surface area (Å²) in [5.74, 6) is 5.19. The molecule has 0 N–H and O–H groups in total. The lowest BCUT2D eigenvalue weighted by molar-refractivity contribution is 0.138. The van der Waals surface area contributed by atoms with Gasteiger partial charge in [0.15, 0.2) is 0 Å². The van der Waals surface area contributed by atoms with Crippen molar-refractivity contribution in [2.75, 3.05) is 6.61 Å². The molecule has 1 heteroatoms. The first kappa shape index (κ1) is 27.6. The van der Waals surface area contributed by atoms with Gasteiger partial charge in [-0.25, -0.2) is 0 Å². The highest BCUT2D eigenvalue weighted by Crippen LogP contribution is 2.43. The van der Waals surface area contributed by atoms with Gasteiger partial charge in [0.1, 0.15) is 5.75 Å². The van der Waals surface area contributed by atoms with E-state index >= 15 is 0 Å².